The summed E-state index contributed by atoms with van der Waals surface area (Å²) in [6.45, 7) is 2.22. The lowest BCUT2D eigenvalue weighted by atomic mass is 10.0. The molecule has 0 amide bonds. The topological polar surface area (TPSA) is 143 Å². The number of imidazole rings is 1. The van der Waals surface area contributed by atoms with Crippen LogP contribution in [0.3, 0.4) is 0 Å². The van der Waals surface area contributed by atoms with Crippen molar-refractivity contribution in [1.82, 2.24) is 38.7 Å². The molecule has 6 heterocycles. The minimum Gasteiger partial charge on any atom is -0.377 e. The molecular weight excluding hydrogens is 556 g/mol. The highest BCUT2D eigenvalue weighted by Crippen LogP contribution is 2.34. The third kappa shape index (κ3) is 4.27. The molecule has 212 valence electrons. The summed E-state index contributed by atoms with van der Waals surface area (Å²) in [5.74, 6) is 0.0547. The number of halogens is 1. The molecule has 12 nitrogen and oxygen atoms in total. The van der Waals surface area contributed by atoms with Gasteiger partial charge in [-0.2, -0.15) is 5.10 Å². The van der Waals surface area contributed by atoms with E-state index in [1.165, 1.54) is 18.7 Å². The molecule has 13 heteroatoms. The SMILES string of the molecule is [2H]C([2H])([2H])n1c(=O)c2cc(C)cc(C(C)Nc3ccc(Cl)nc3-c3cnn(C4COC4)c3)c2n2cnc(-c3cnc(N)nc3)c12. The number of ether oxygens (including phenoxy) is 1. The van der Waals surface area contributed by atoms with Crippen LogP contribution in [0.1, 0.15) is 34.2 Å². The van der Waals surface area contributed by atoms with Crippen molar-refractivity contribution < 1.29 is 8.85 Å². The van der Waals surface area contributed by atoms with Gasteiger partial charge in [-0.25, -0.2) is 19.9 Å². The highest BCUT2D eigenvalue weighted by atomic mass is 35.5. The van der Waals surface area contributed by atoms with E-state index in [9.17, 15) is 4.79 Å². The predicted molar refractivity (Wildman–Crippen MR) is 160 cm³/mol. The molecule has 0 radical (unpaired) electrons. The van der Waals surface area contributed by atoms with E-state index in [4.69, 9.17) is 26.2 Å². The van der Waals surface area contributed by atoms with Crippen molar-refractivity contribution in [3.8, 4) is 22.5 Å². The number of rotatable bonds is 6. The number of anilines is 2. The Balaban J connectivity index is 1.40. The summed E-state index contributed by atoms with van der Waals surface area (Å²) in [5, 5.41) is 8.60. The smallest absolute Gasteiger partial charge is 0.261 e. The second-order valence-corrected chi connectivity index (χ2v) is 10.7. The van der Waals surface area contributed by atoms with E-state index in [0.29, 0.717) is 40.8 Å². The van der Waals surface area contributed by atoms with Gasteiger partial charge in [-0.1, -0.05) is 17.7 Å². The van der Waals surface area contributed by atoms with Gasteiger partial charge in [0.25, 0.3) is 5.56 Å². The van der Waals surface area contributed by atoms with Crippen molar-refractivity contribution in [2.45, 2.75) is 25.9 Å². The Bertz CT molecular complexity index is 2150. The number of nitrogens with two attached hydrogens (primary N) is 1. The molecule has 1 aromatic carbocycles. The minimum atomic E-state index is -2.80. The fraction of sp³-hybridized carbons (Fsp3) is 0.241. The van der Waals surface area contributed by atoms with Crippen molar-refractivity contribution >= 4 is 39.8 Å². The zero-order valence-electron chi connectivity index (χ0n) is 25.6. The van der Waals surface area contributed by atoms with E-state index >= 15 is 0 Å². The summed E-state index contributed by atoms with van der Waals surface area (Å²) in [5.41, 5.74) is 9.86. The van der Waals surface area contributed by atoms with E-state index in [1.807, 2.05) is 36.9 Å². The van der Waals surface area contributed by atoms with Crippen molar-refractivity contribution in [1.29, 1.82) is 0 Å². The molecule has 42 heavy (non-hydrogen) atoms. The zero-order valence-corrected chi connectivity index (χ0v) is 23.4. The van der Waals surface area contributed by atoms with Crippen LogP contribution in [0.2, 0.25) is 5.15 Å². The number of nitrogens with one attached hydrogen (secondary N) is 1. The summed E-state index contributed by atoms with van der Waals surface area (Å²) >= 11 is 6.33. The first-order chi connectivity index (χ1) is 21.5. The van der Waals surface area contributed by atoms with Crippen molar-refractivity contribution in [2.24, 2.45) is 6.98 Å². The predicted octanol–water partition coefficient (Wildman–Crippen LogP) is 4.19. The molecule has 0 aliphatic carbocycles. The monoisotopic (exact) mass is 585 g/mol. The van der Waals surface area contributed by atoms with Crippen LogP contribution in [-0.2, 0) is 11.7 Å². The highest BCUT2D eigenvalue weighted by molar-refractivity contribution is 6.29. The fourth-order valence-electron chi connectivity index (χ4n) is 5.29. The first kappa shape index (κ1) is 22.8. The maximum Gasteiger partial charge on any atom is 0.261 e. The fourth-order valence-corrected chi connectivity index (χ4v) is 5.44. The summed E-state index contributed by atoms with van der Waals surface area (Å²) in [4.78, 5) is 31.2. The maximum absolute atomic E-state index is 14.0. The lowest BCUT2D eigenvalue weighted by molar-refractivity contribution is -0.0286. The number of pyridine rings is 1. The van der Waals surface area contributed by atoms with Crippen LogP contribution in [0.5, 0.6) is 0 Å². The molecule has 1 saturated heterocycles. The van der Waals surface area contributed by atoms with Crippen LogP contribution in [0.4, 0.5) is 11.6 Å². The van der Waals surface area contributed by atoms with E-state index in [0.717, 1.165) is 21.3 Å². The van der Waals surface area contributed by atoms with Gasteiger partial charge in [-0.05, 0) is 43.2 Å². The van der Waals surface area contributed by atoms with E-state index < -0.39 is 12.5 Å². The number of nitrogens with zero attached hydrogens (tertiary/aromatic N) is 8. The van der Waals surface area contributed by atoms with Crippen molar-refractivity contribution in [2.75, 3.05) is 24.3 Å². The van der Waals surface area contributed by atoms with Gasteiger partial charge in [-0.3, -0.25) is 18.4 Å². The molecule has 1 aliphatic rings. The van der Waals surface area contributed by atoms with Crippen LogP contribution < -0.4 is 16.6 Å². The first-order valence-corrected chi connectivity index (χ1v) is 13.6. The lowest BCUT2D eigenvalue weighted by Gasteiger charge is -2.25. The summed E-state index contributed by atoms with van der Waals surface area (Å²) in [7, 11) is 0. The maximum atomic E-state index is 14.0. The van der Waals surface area contributed by atoms with Gasteiger partial charge in [0.1, 0.15) is 22.8 Å². The number of aryl methyl sites for hydroxylation is 2. The molecule has 6 aromatic rings. The number of hydrogen-bond donors (Lipinski definition) is 2. The summed E-state index contributed by atoms with van der Waals surface area (Å²) in [6, 6.07) is 6.98. The molecule has 1 fully saturated rings. The Kier molecular flexibility index (Phi) is 5.40. The van der Waals surface area contributed by atoms with Gasteiger partial charge >= 0.3 is 0 Å². The van der Waals surface area contributed by atoms with Crippen molar-refractivity contribution in [3.63, 3.8) is 0 Å². The number of hydrogen-bond acceptors (Lipinski definition) is 9. The van der Waals surface area contributed by atoms with Gasteiger partial charge in [-0.15, -0.1) is 0 Å². The molecule has 0 bridgehead atoms. The second kappa shape index (κ2) is 9.93. The minimum absolute atomic E-state index is 0.0547. The van der Waals surface area contributed by atoms with Gasteiger partial charge in [0.15, 0.2) is 0 Å². The zero-order chi connectivity index (χ0) is 31.6. The second-order valence-electron chi connectivity index (χ2n) is 10.3. The molecule has 1 aliphatic heterocycles. The van der Waals surface area contributed by atoms with E-state index in [2.05, 4.69) is 30.4 Å². The van der Waals surface area contributed by atoms with Gasteiger partial charge in [0.05, 0.1) is 53.8 Å². The Morgan fingerprint density at radius 2 is 1.95 bits per heavy atom. The Hall–Kier alpha value is -4.81. The summed E-state index contributed by atoms with van der Waals surface area (Å²) < 4.78 is 34.4. The third-order valence-electron chi connectivity index (χ3n) is 7.43. The quantitative estimate of drug-likeness (QED) is 0.275. The lowest BCUT2D eigenvalue weighted by Crippen LogP contribution is -2.30. The third-order valence-corrected chi connectivity index (χ3v) is 7.64. The molecule has 0 spiro atoms. The molecule has 0 saturated carbocycles. The number of aromatic nitrogens is 8. The van der Waals surface area contributed by atoms with Crippen LogP contribution in [0.25, 0.3) is 39.1 Å². The standard InChI is InChI=1S/C29H27ClN10O2/c1-15-6-20(16(2)36-22-4-5-23(30)37-24(22)18-10-35-40(11-18)19-12-42-13-19)26-21(7-15)28(41)38(3)27-25(34-14-39(26)27)17-8-32-29(31)33-9-17/h4-11,14,16,19,36H,12-13H2,1-3H3,(H2,31,32,33)/i3D3. The largest absolute Gasteiger partial charge is 0.377 e. The average Bonchev–Trinajstić information content (AvgIpc) is 3.60. The van der Waals surface area contributed by atoms with Gasteiger partial charge < -0.3 is 15.8 Å². The number of fused-ring (bicyclic) bond motifs is 3. The van der Waals surface area contributed by atoms with E-state index in [-0.39, 0.29) is 34.8 Å². The van der Waals surface area contributed by atoms with Gasteiger partial charge in [0, 0.05) is 40.8 Å². The van der Waals surface area contributed by atoms with Crippen LogP contribution in [-0.4, -0.2) is 51.9 Å². The molecule has 7 rings (SSSR count). The van der Waals surface area contributed by atoms with Crippen LogP contribution in [0.15, 0.2) is 60.2 Å². The Morgan fingerprint density at radius 1 is 1.14 bits per heavy atom. The van der Waals surface area contributed by atoms with Crippen LogP contribution >= 0.6 is 11.6 Å². The van der Waals surface area contributed by atoms with Crippen molar-refractivity contribution in [3.05, 3.63) is 82.0 Å². The average molecular weight is 586 g/mol. The molecule has 1 unspecified atom stereocenters. The van der Waals surface area contributed by atoms with Crippen LogP contribution in [0, 0.1) is 6.92 Å². The normalized spacial score (nSPS) is 15.7. The molecule has 5 aromatic heterocycles. The number of benzene rings is 1. The Morgan fingerprint density at radius 3 is 2.69 bits per heavy atom. The Labute approximate surface area is 249 Å². The summed E-state index contributed by atoms with van der Waals surface area (Å²) in [6.07, 6.45) is 8.05. The molecular formula is C29H27ClN10O2. The van der Waals surface area contributed by atoms with E-state index in [1.54, 1.807) is 22.7 Å². The molecule has 3 N–H and O–H groups in total. The molecule has 1 atom stereocenters. The number of nitrogen functional groups attached to an aromatic ring is 1. The van der Waals surface area contributed by atoms with Gasteiger partial charge in [0.2, 0.25) is 5.95 Å². The highest BCUT2D eigenvalue weighted by Gasteiger charge is 2.24. The first-order valence-electron chi connectivity index (χ1n) is 14.7.